The zero-order valence-corrected chi connectivity index (χ0v) is 12.5. The van der Waals surface area contributed by atoms with Gasteiger partial charge in [-0.05, 0) is 28.7 Å². The van der Waals surface area contributed by atoms with Gasteiger partial charge in [-0.15, -0.1) is 11.3 Å². The number of rotatable bonds is 2. The molecule has 0 saturated heterocycles. The molecule has 0 aliphatic carbocycles. The Morgan fingerprint density at radius 1 is 0.682 bits per heavy atom. The lowest BCUT2D eigenvalue weighted by Crippen LogP contribution is -2.29. The fraction of sp³-hybridized carbons (Fsp3) is 0. The summed E-state index contributed by atoms with van der Waals surface area (Å²) in [6.07, 6.45) is 0. The molecule has 0 unspecified atom stereocenters. The number of hydrogen-bond donors (Lipinski definition) is 2. The summed E-state index contributed by atoms with van der Waals surface area (Å²) >= 11 is 1.78. The second kappa shape index (κ2) is 5.25. The Morgan fingerprint density at radius 3 is 2.32 bits per heavy atom. The molecule has 0 aliphatic heterocycles. The summed E-state index contributed by atoms with van der Waals surface area (Å²) in [5.41, 5.74) is 2.58. The third kappa shape index (κ3) is 2.22. The van der Waals surface area contributed by atoms with Crippen molar-refractivity contribution in [3.8, 4) is 11.1 Å². The Morgan fingerprint density at radius 2 is 1.45 bits per heavy atom. The molecule has 0 spiro atoms. The van der Waals surface area contributed by atoms with E-state index in [1.807, 2.05) is 18.2 Å². The average molecular weight is 304 g/mol. The van der Waals surface area contributed by atoms with Crippen LogP contribution in [0.25, 0.3) is 31.3 Å². The summed E-state index contributed by atoms with van der Waals surface area (Å²) < 4.78 is 2.53. The van der Waals surface area contributed by atoms with Gasteiger partial charge >= 0.3 is 7.12 Å². The molecule has 22 heavy (non-hydrogen) atoms. The molecule has 2 nitrogen and oxygen atoms in total. The van der Waals surface area contributed by atoms with Gasteiger partial charge < -0.3 is 10.0 Å². The summed E-state index contributed by atoms with van der Waals surface area (Å²) in [6, 6.07) is 22.2. The first kappa shape index (κ1) is 13.5. The third-order valence-electron chi connectivity index (χ3n) is 3.90. The van der Waals surface area contributed by atoms with E-state index in [9.17, 15) is 10.0 Å². The normalized spacial score (nSPS) is 11.2. The maximum absolute atomic E-state index is 9.32. The maximum Gasteiger partial charge on any atom is 0.488 e. The van der Waals surface area contributed by atoms with Gasteiger partial charge in [-0.3, -0.25) is 0 Å². The van der Waals surface area contributed by atoms with Gasteiger partial charge in [0.05, 0.1) is 0 Å². The summed E-state index contributed by atoms with van der Waals surface area (Å²) in [4.78, 5) is 0. The Bertz CT molecular complexity index is 975. The van der Waals surface area contributed by atoms with E-state index in [2.05, 4.69) is 42.5 Å². The number of fused-ring (bicyclic) bond motifs is 3. The lowest BCUT2D eigenvalue weighted by Gasteiger charge is -2.05. The van der Waals surface area contributed by atoms with Crippen LogP contribution in [0.5, 0.6) is 0 Å². The van der Waals surface area contributed by atoms with E-state index >= 15 is 0 Å². The summed E-state index contributed by atoms with van der Waals surface area (Å²) in [5, 5.41) is 21.2. The van der Waals surface area contributed by atoms with E-state index in [0.717, 1.165) is 11.1 Å². The van der Waals surface area contributed by atoms with E-state index in [0.29, 0.717) is 5.46 Å². The monoisotopic (exact) mass is 304 g/mol. The fourth-order valence-corrected chi connectivity index (χ4v) is 3.93. The Hall–Kier alpha value is -2.14. The minimum absolute atomic E-state index is 0.508. The molecule has 0 amide bonds. The molecule has 0 radical (unpaired) electrons. The molecule has 0 aliphatic rings. The van der Waals surface area contributed by atoms with Gasteiger partial charge in [0, 0.05) is 20.2 Å². The molecule has 0 saturated carbocycles. The molecule has 2 N–H and O–H groups in total. The molecule has 4 aromatic rings. The van der Waals surface area contributed by atoms with Gasteiger partial charge in [0.15, 0.2) is 0 Å². The summed E-state index contributed by atoms with van der Waals surface area (Å²) in [7, 11) is -1.44. The molecular weight excluding hydrogens is 291 g/mol. The molecule has 0 fully saturated rings. The van der Waals surface area contributed by atoms with Crippen molar-refractivity contribution in [3.63, 3.8) is 0 Å². The first-order valence-corrected chi connectivity index (χ1v) is 7.92. The molecule has 0 atom stereocenters. The van der Waals surface area contributed by atoms with Gasteiger partial charge in [-0.1, -0.05) is 54.6 Å². The summed E-state index contributed by atoms with van der Waals surface area (Å²) in [5.74, 6) is 0. The molecule has 4 heteroatoms. The van der Waals surface area contributed by atoms with Crippen LogP contribution in [0.2, 0.25) is 0 Å². The highest BCUT2D eigenvalue weighted by molar-refractivity contribution is 7.25. The smallest absolute Gasteiger partial charge is 0.423 e. The lowest BCUT2D eigenvalue weighted by molar-refractivity contribution is 0.426. The highest BCUT2D eigenvalue weighted by Gasteiger charge is 2.12. The van der Waals surface area contributed by atoms with Crippen LogP contribution in [0.15, 0.2) is 66.7 Å². The Labute approximate surface area is 132 Å². The van der Waals surface area contributed by atoms with Crippen molar-refractivity contribution < 1.29 is 10.0 Å². The van der Waals surface area contributed by atoms with E-state index in [4.69, 9.17) is 0 Å². The van der Waals surface area contributed by atoms with Gasteiger partial charge in [0.25, 0.3) is 0 Å². The Kier molecular flexibility index (Phi) is 3.23. The van der Waals surface area contributed by atoms with Crippen molar-refractivity contribution in [2.75, 3.05) is 0 Å². The predicted octanol–water partition coefficient (Wildman–Crippen LogP) is 3.40. The molecule has 106 valence electrons. The van der Waals surface area contributed by atoms with Crippen LogP contribution >= 0.6 is 11.3 Å². The van der Waals surface area contributed by atoms with Gasteiger partial charge in [-0.25, -0.2) is 0 Å². The SMILES string of the molecule is OB(O)c1cccc(-c2ccc3c(c2)sc2ccccc23)c1. The van der Waals surface area contributed by atoms with Crippen molar-refractivity contribution in [2.45, 2.75) is 0 Å². The quantitative estimate of drug-likeness (QED) is 0.557. The van der Waals surface area contributed by atoms with Crippen LogP contribution in [0.1, 0.15) is 0 Å². The Balaban J connectivity index is 1.89. The van der Waals surface area contributed by atoms with Crippen molar-refractivity contribution in [1.82, 2.24) is 0 Å². The van der Waals surface area contributed by atoms with Crippen molar-refractivity contribution in [2.24, 2.45) is 0 Å². The van der Waals surface area contributed by atoms with Gasteiger partial charge in [-0.2, -0.15) is 0 Å². The largest absolute Gasteiger partial charge is 0.488 e. The zero-order valence-electron chi connectivity index (χ0n) is 11.7. The standard InChI is InChI=1S/C18H13BO2S/c20-19(21)14-5-3-4-12(10-14)13-8-9-16-15-6-1-2-7-17(15)22-18(16)11-13/h1-11,20-21H. The number of thiophene rings is 1. The van der Waals surface area contributed by atoms with Crippen molar-refractivity contribution >= 4 is 44.1 Å². The zero-order chi connectivity index (χ0) is 15.1. The second-order valence-electron chi connectivity index (χ2n) is 5.31. The molecule has 1 aromatic heterocycles. The lowest BCUT2D eigenvalue weighted by atomic mass is 9.79. The van der Waals surface area contributed by atoms with Crippen LogP contribution in [-0.2, 0) is 0 Å². The van der Waals surface area contributed by atoms with Crippen LogP contribution in [0.3, 0.4) is 0 Å². The first-order valence-electron chi connectivity index (χ1n) is 7.10. The van der Waals surface area contributed by atoms with Crippen LogP contribution < -0.4 is 5.46 Å². The fourth-order valence-electron chi connectivity index (χ4n) is 2.78. The number of benzene rings is 3. The van der Waals surface area contributed by atoms with Crippen LogP contribution in [-0.4, -0.2) is 17.2 Å². The molecular formula is C18H13BO2S. The van der Waals surface area contributed by atoms with Crippen molar-refractivity contribution in [1.29, 1.82) is 0 Å². The highest BCUT2D eigenvalue weighted by Crippen LogP contribution is 2.35. The molecule has 0 bridgehead atoms. The summed E-state index contributed by atoms with van der Waals surface area (Å²) in [6.45, 7) is 0. The highest BCUT2D eigenvalue weighted by atomic mass is 32.1. The van der Waals surface area contributed by atoms with E-state index in [1.54, 1.807) is 17.4 Å². The topological polar surface area (TPSA) is 40.5 Å². The molecule has 1 heterocycles. The molecule has 4 rings (SSSR count). The minimum atomic E-state index is -1.44. The van der Waals surface area contributed by atoms with Gasteiger partial charge in [0.1, 0.15) is 0 Å². The maximum atomic E-state index is 9.32. The van der Waals surface area contributed by atoms with Gasteiger partial charge in [0.2, 0.25) is 0 Å². The van der Waals surface area contributed by atoms with Crippen molar-refractivity contribution in [3.05, 3.63) is 66.7 Å². The predicted molar refractivity (Wildman–Crippen MR) is 94.6 cm³/mol. The minimum Gasteiger partial charge on any atom is -0.423 e. The second-order valence-corrected chi connectivity index (χ2v) is 6.39. The van der Waals surface area contributed by atoms with E-state index in [-0.39, 0.29) is 0 Å². The average Bonchev–Trinajstić information content (AvgIpc) is 2.92. The first-order chi connectivity index (χ1) is 10.7. The van der Waals surface area contributed by atoms with Crippen LogP contribution in [0, 0.1) is 0 Å². The molecule has 3 aromatic carbocycles. The van der Waals surface area contributed by atoms with E-state index < -0.39 is 7.12 Å². The van der Waals surface area contributed by atoms with Crippen LogP contribution in [0.4, 0.5) is 0 Å². The third-order valence-corrected chi connectivity index (χ3v) is 5.03. The van der Waals surface area contributed by atoms with E-state index in [1.165, 1.54) is 20.2 Å². The number of hydrogen-bond acceptors (Lipinski definition) is 3.